The molecule has 1 rings (SSSR count). The fraction of sp³-hybridized carbons (Fsp3) is 0.455. The van der Waals surface area contributed by atoms with Crippen molar-refractivity contribution in [2.45, 2.75) is 20.0 Å². The average Bonchev–Trinajstić information content (AvgIpc) is 2.25. The molecule has 3 N–H and O–H groups in total. The van der Waals surface area contributed by atoms with E-state index in [2.05, 4.69) is 4.98 Å². The number of rotatable bonds is 5. The van der Waals surface area contributed by atoms with Crippen LogP contribution in [0.2, 0.25) is 0 Å². The molecule has 1 aromatic heterocycles. The number of nitrogens with zero attached hydrogens (tertiary/aromatic N) is 2. The summed E-state index contributed by atoms with van der Waals surface area (Å²) in [6.45, 7) is 4.41. The van der Waals surface area contributed by atoms with Gasteiger partial charge in [-0.1, -0.05) is 6.07 Å². The summed E-state index contributed by atoms with van der Waals surface area (Å²) in [4.78, 5) is 16.8. The molecule has 5 heteroatoms. The first-order chi connectivity index (χ1) is 7.54. The van der Waals surface area contributed by atoms with Crippen molar-refractivity contribution in [1.82, 2.24) is 4.98 Å². The van der Waals surface area contributed by atoms with Crippen LogP contribution in [0.25, 0.3) is 0 Å². The first kappa shape index (κ1) is 12.4. The Morgan fingerprint density at radius 2 is 2.31 bits per heavy atom. The molecule has 0 fully saturated rings. The van der Waals surface area contributed by atoms with Gasteiger partial charge in [-0.3, -0.25) is 4.79 Å². The number of anilines is 1. The predicted molar refractivity (Wildman–Crippen MR) is 62.0 cm³/mol. The van der Waals surface area contributed by atoms with Crippen molar-refractivity contribution < 1.29 is 9.90 Å². The Morgan fingerprint density at radius 3 is 2.69 bits per heavy atom. The average molecular weight is 223 g/mol. The Morgan fingerprint density at radius 1 is 1.62 bits per heavy atom. The summed E-state index contributed by atoms with van der Waals surface area (Å²) in [5.41, 5.74) is 5.88. The van der Waals surface area contributed by atoms with Gasteiger partial charge in [0, 0.05) is 12.7 Å². The van der Waals surface area contributed by atoms with Gasteiger partial charge in [0.25, 0.3) is 0 Å². The van der Waals surface area contributed by atoms with Gasteiger partial charge in [-0.25, -0.2) is 4.98 Å². The Hall–Kier alpha value is -1.62. The maximum atomic E-state index is 10.8. The number of hydrogen-bond donors (Lipinski definition) is 2. The normalized spacial score (nSPS) is 12.2. The SMILES string of the molecule is CCN(CC(N)=O)c1ccc([C@@H](C)O)cn1. The molecule has 0 unspecified atom stereocenters. The topological polar surface area (TPSA) is 79.5 Å². The van der Waals surface area contributed by atoms with Crippen molar-refractivity contribution in [1.29, 1.82) is 0 Å². The summed E-state index contributed by atoms with van der Waals surface area (Å²) >= 11 is 0. The number of aliphatic hydroxyl groups is 1. The van der Waals surface area contributed by atoms with Gasteiger partial charge in [0.15, 0.2) is 0 Å². The van der Waals surface area contributed by atoms with E-state index in [1.54, 1.807) is 30.2 Å². The summed E-state index contributed by atoms with van der Waals surface area (Å²) in [6, 6.07) is 3.56. The molecule has 1 amide bonds. The molecule has 88 valence electrons. The van der Waals surface area contributed by atoms with E-state index in [0.717, 1.165) is 5.56 Å². The lowest BCUT2D eigenvalue weighted by Crippen LogP contribution is -2.34. The van der Waals surface area contributed by atoms with Crippen LogP contribution in [-0.2, 0) is 4.79 Å². The van der Waals surface area contributed by atoms with Crippen molar-refractivity contribution in [3.05, 3.63) is 23.9 Å². The zero-order valence-electron chi connectivity index (χ0n) is 9.55. The number of primary amides is 1. The lowest BCUT2D eigenvalue weighted by Gasteiger charge is -2.20. The van der Waals surface area contributed by atoms with E-state index in [9.17, 15) is 9.90 Å². The highest BCUT2D eigenvalue weighted by Crippen LogP contribution is 2.15. The molecule has 16 heavy (non-hydrogen) atoms. The van der Waals surface area contributed by atoms with Crippen LogP contribution < -0.4 is 10.6 Å². The quantitative estimate of drug-likeness (QED) is 0.759. The van der Waals surface area contributed by atoms with Crippen LogP contribution in [0.5, 0.6) is 0 Å². The number of aliphatic hydroxyl groups excluding tert-OH is 1. The van der Waals surface area contributed by atoms with E-state index in [1.807, 2.05) is 6.92 Å². The van der Waals surface area contributed by atoms with E-state index < -0.39 is 6.10 Å². The first-order valence-electron chi connectivity index (χ1n) is 5.21. The lowest BCUT2D eigenvalue weighted by molar-refractivity contribution is -0.116. The Balaban J connectivity index is 2.82. The predicted octanol–water partition coefficient (Wildman–Crippen LogP) is 0.446. The molecule has 0 aliphatic heterocycles. The molecule has 1 atom stereocenters. The van der Waals surface area contributed by atoms with Gasteiger partial charge in [0.05, 0.1) is 12.6 Å². The number of amides is 1. The number of pyridine rings is 1. The molecule has 1 heterocycles. The molecular formula is C11H17N3O2. The van der Waals surface area contributed by atoms with Gasteiger partial charge in [0.2, 0.25) is 5.91 Å². The van der Waals surface area contributed by atoms with E-state index >= 15 is 0 Å². The van der Waals surface area contributed by atoms with Crippen LogP contribution in [0.4, 0.5) is 5.82 Å². The largest absolute Gasteiger partial charge is 0.389 e. The molecule has 0 saturated carbocycles. The molecule has 1 aromatic rings. The molecule has 0 spiro atoms. The summed E-state index contributed by atoms with van der Waals surface area (Å²) in [6.07, 6.45) is 1.07. The third-order valence-corrected chi connectivity index (χ3v) is 2.31. The number of likely N-dealkylation sites (N-methyl/N-ethyl adjacent to an activating group) is 1. The fourth-order valence-electron chi connectivity index (χ4n) is 1.37. The van der Waals surface area contributed by atoms with Crippen molar-refractivity contribution in [2.24, 2.45) is 5.73 Å². The highest BCUT2D eigenvalue weighted by Gasteiger charge is 2.09. The standard InChI is InChI=1S/C11H17N3O2/c1-3-14(7-10(12)16)11-5-4-9(6-13-11)8(2)15/h4-6,8,15H,3,7H2,1-2H3,(H2,12,16)/t8-/m1/s1. The van der Waals surface area contributed by atoms with Crippen LogP contribution in [-0.4, -0.2) is 29.1 Å². The van der Waals surface area contributed by atoms with Gasteiger partial charge in [-0.2, -0.15) is 0 Å². The van der Waals surface area contributed by atoms with E-state index in [4.69, 9.17) is 5.73 Å². The van der Waals surface area contributed by atoms with Crippen molar-refractivity contribution in [3.8, 4) is 0 Å². The van der Waals surface area contributed by atoms with Crippen molar-refractivity contribution in [3.63, 3.8) is 0 Å². The summed E-state index contributed by atoms with van der Waals surface area (Å²) in [5.74, 6) is 0.300. The second-order valence-electron chi connectivity index (χ2n) is 3.61. The summed E-state index contributed by atoms with van der Waals surface area (Å²) in [5, 5.41) is 9.33. The van der Waals surface area contributed by atoms with Crippen LogP contribution in [0.1, 0.15) is 25.5 Å². The molecule has 0 saturated heterocycles. The fourth-order valence-corrected chi connectivity index (χ4v) is 1.37. The van der Waals surface area contributed by atoms with Crippen molar-refractivity contribution in [2.75, 3.05) is 18.0 Å². The molecule has 0 aromatic carbocycles. The van der Waals surface area contributed by atoms with E-state index in [-0.39, 0.29) is 12.5 Å². The van der Waals surface area contributed by atoms with Crippen LogP contribution in [0.3, 0.4) is 0 Å². The Bertz CT molecular complexity index is 349. The maximum absolute atomic E-state index is 10.8. The number of hydrogen-bond acceptors (Lipinski definition) is 4. The zero-order chi connectivity index (χ0) is 12.1. The van der Waals surface area contributed by atoms with Gasteiger partial charge in [0.1, 0.15) is 5.82 Å². The van der Waals surface area contributed by atoms with Gasteiger partial charge in [-0.05, 0) is 25.5 Å². The van der Waals surface area contributed by atoms with Crippen LogP contribution in [0.15, 0.2) is 18.3 Å². The number of nitrogens with two attached hydrogens (primary N) is 1. The zero-order valence-corrected chi connectivity index (χ0v) is 9.55. The Kier molecular flexibility index (Phi) is 4.25. The van der Waals surface area contributed by atoms with Gasteiger partial charge < -0.3 is 15.7 Å². The third-order valence-electron chi connectivity index (χ3n) is 2.31. The van der Waals surface area contributed by atoms with Crippen molar-refractivity contribution >= 4 is 11.7 Å². The third kappa shape index (κ3) is 3.20. The molecule has 0 aliphatic rings. The minimum atomic E-state index is -0.534. The molecule has 0 radical (unpaired) electrons. The lowest BCUT2D eigenvalue weighted by atomic mass is 10.2. The summed E-state index contributed by atoms with van der Waals surface area (Å²) < 4.78 is 0. The minimum Gasteiger partial charge on any atom is -0.389 e. The molecular weight excluding hydrogens is 206 g/mol. The second-order valence-corrected chi connectivity index (χ2v) is 3.61. The maximum Gasteiger partial charge on any atom is 0.236 e. The second kappa shape index (κ2) is 5.46. The van der Waals surface area contributed by atoms with E-state index in [0.29, 0.717) is 12.4 Å². The highest BCUT2D eigenvalue weighted by atomic mass is 16.3. The van der Waals surface area contributed by atoms with Crippen LogP contribution >= 0.6 is 0 Å². The molecule has 0 bridgehead atoms. The minimum absolute atomic E-state index is 0.150. The number of aromatic nitrogens is 1. The smallest absolute Gasteiger partial charge is 0.236 e. The number of carbonyl (C=O) groups excluding carboxylic acids is 1. The van der Waals surface area contributed by atoms with Crippen LogP contribution in [0, 0.1) is 0 Å². The molecule has 0 aliphatic carbocycles. The highest BCUT2D eigenvalue weighted by molar-refractivity contribution is 5.79. The monoisotopic (exact) mass is 223 g/mol. The summed E-state index contributed by atoms with van der Waals surface area (Å²) in [7, 11) is 0. The number of carbonyl (C=O) groups is 1. The first-order valence-corrected chi connectivity index (χ1v) is 5.21. The Labute approximate surface area is 94.9 Å². The van der Waals surface area contributed by atoms with Gasteiger partial charge >= 0.3 is 0 Å². The molecule has 5 nitrogen and oxygen atoms in total. The van der Waals surface area contributed by atoms with E-state index in [1.165, 1.54) is 0 Å². The van der Waals surface area contributed by atoms with Gasteiger partial charge in [-0.15, -0.1) is 0 Å².